The maximum absolute atomic E-state index is 2.84. The lowest BCUT2D eigenvalue weighted by Crippen LogP contribution is -2.43. The minimum absolute atomic E-state index is 0.822. The Morgan fingerprint density at radius 2 is 1.54 bits per heavy atom. The Hall–Kier alpha value is -0.0800. The highest BCUT2D eigenvalue weighted by molar-refractivity contribution is 4.97. The van der Waals surface area contributed by atoms with Crippen LogP contribution in [0.3, 0.4) is 0 Å². The van der Waals surface area contributed by atoms with E-state index in [0.29, 0.717) is 0 Å². The minimum Gasteiger partial charge on any atom is -0.302 e. The maximum atomic E-state index is 2.84. The predicted octanol–water partition coefficient (Wildman–Crippen LogP) is 1.32. The molecule has 0 spiro atoms. The second-order valence-corrected chi connectivity index (χ2v) is 5.06. The number of nitrogens with zero attached hydrogens (tertiary/aromatic N) is 2. The Kier molecular flexibility index (Phi) is 1.88. The van der Waals surface area contributed by atoms with Gasteiger partial charge < -0.3 is 4.90 Å². The summed E-state index contributed by atoms with van der Waals surface area (Å²) in [5.41, 5.74) is 0. The van der Waals surface area contributed by atoms with E-state index in [-0.39, 0.29) is 0 Å². The summed E-state index contributed by atoms with van der Waals surface area (Å²) in [4.78, 5) is 5.50. The molecule has 4 fully saturated rings. The Bertz CT molecular complexity index is 192. The highest BCUT2D eigenvalue weighted by Crippen LogP contribution is 2.35. The van der Waals surface area contributed by atoms with Crippen molar-refractivity contribution in [3.63, 3.8) is 0 Å². The van der Waals surface area contributed by atoms with Crippen molar-refractivity contribution in [3.8, 4) is 0 Å². The van der Waals surface area contributed by atoms with Crippen LogP contribution in [0.25, 0.3) is 0 Å². The molecule has 2 bridgehead atoms. The van der Waals surface area contributed by atoms with Gasteiger partial charge in [0, 0.05) is 24.7 Å². The molecule has 1 atom stereocenters. The molecule has 3 heterocycles. The largest absolute Gasteiger partial charge is 0.302 e. The molecule has 0 N–H and O–H groups in total. The molecule has 1 unspecified atom stereocenters. The molecule has 3 aliphatic heterocycles. The molecule has 0 aromatic carbocycles. The van der Waals surface area contributed by atoms with Crippen LogP contribution in [0.1, 0.15) is 32.6 Å². The van der Waals surface area contributed by atoms with Crippen molar-refractivity contribution in [2.75, 3.05) is 19.6 Å². The third-order valence-electron chi connectivity index (χ3n) is 3.98. The van der Waals surface area contributed by atoms with Crippen LogP contribution in [-0.2, 0) is 0 Å². The summed E-state index contributed by atoms with van der Waals surface area (Å²) in [7, 11) is 0. The molecule has 0 aromatic heterocycles. The first-order chi connectivity index (χ1) is 6.34. The van der Waals surface area contributed by atoms with Crippen LogP contribution in [0, 0.1) is 0 Å². The van der Waals surface area contributed by atoms with E-state index in [4.69, 9.17) is 0 Å². The van der Waals surface area contributed by atoms with Crippen molar-refractivity contribution >= 4 is 0 Å². The Balaban J connectivity index is 1.81. The van der Waals surface area contributed by atoms with Crippen molar-refractivity contribution in [2.45, 2.75) is 50.7 Å². The van der Waals surface area contributed by atoms with Gasteiger partial charge in [0.25, 0.3) is 0 Å². The van der Waals surface area contributed by atoms with Gasteiger partial charge in [0.15, 0.2) is 0 Å². The highest BCUT2D eigenvalue weighted by Gasteiger charge is 2.41. The molecule has 4 aliphatic rings. The van der Waals surface area contributed by atoms with Gasteiger partial charge in [-0.25, -0.2) is 0 Å². The van der Waals surface area contributed by atoms with Gasteiger partial charge in [-0.15, -0.1) is 0 Å². The predicted molar refractivity (Wildman–Crippen MR) is 53.8 cm³/mol. The van der Waals surface area contributed by atoms with Crippen molar-refractivity contribution in [1.82, 2.24) is 9.80 Å². The molecule has 0 amide bonds. The Morgan fingerprint density at radius 3 is 2.15 bits per heavy atom. The number of hydrogen-bond donors (Lipinski definition) is 0. The lowest BCUT2D eigenvalue weighted by atomic mass is 10.0. The van der Waals surface area contributed by atoms with Crippen LogP contribution in [-0.4, -0.2) is 47.6 Å². The lowest BCUT2D eigenvalue weighted by molar-refractivity contribution is 0.142. The van der Waals surface area contributed by atoms with Gasteiger partial charge in [0.05, 0.1) is 0 Å². The molecular formula is C11H20N2. The van der Waals surface area contributed by atoms with E-state index < -0.39 is 0 Å². The lowest BCUT2D eigenvalue weighted by Gasteiger charge is -2.33. The second kappa shape index (κ2) is 2.96. The Morgan fingerprint density at radius 1 is 0.923 bits per heavy atom. The van der Waals surface area contributed by atoms with E-state index in [0.717, 1.165) is 18.1 Å². The molecule has 0 aromatic rings. The van der Waals surface area contributed by atoms with Crippen LogP contribution in [0.15, 0.2) is 0 Å². The van der Waals surface area contributed by atoms with Gasteiger partial charge in [0.2, 0.25) is 0 Å². The highest BCUT2D eigenvalue weighted by atomic mass is 15.3. The molecule has 2 nitrogen and oxygen atoms in total. The molecule has 1 saturated carbocycles. The SMILES string of the molecule is CC1CN2CCC(CC2)N1C1CC1. The zero-order valence-electron chi connectivity index (χ0n) is 8.58. The van der Waals surface area contributed by atoms with Gasteiger partial charge in [0.1, 0.15) is 0 Å². The summed E-state index contributed by atoms with van der Waals surface area (Å²) < 4.78 is 0. The van der Waals surface area contributed by atoms with Crippen molar-refractivity contribution in [2.24, 2.45) is 0 Å². The monoisotopic (exact) mass is 180 g/mol. The van der Waals surface area contributed by atoms with Crippen LogP contribution in [0.5, 0.6) is 0 Å². The second-order valence-electron chi connectivity index (χ2n) is 5.06. The molecule has 13 heavy (non-hydrogen) atoms. The van der Waals surface area contributed by atoms with Gasteiger partial charge in [-0.3, -0.25) is 4.90 Å². The third-order valence-corrected chi connectivity index (χ3v) is 3.98. The molecule has 74 valence electrons. The fraction of sp³-hybridized carbons (Fsp3) is 1.00. The third kappa shape index (κ3) is 1.40. The molecule has 2 heteroatoms. The minimum atomic E-state index is 0.822. The van der Waals surface area contributed by atoms with E-state index in [9.17, 15) is 0 Å². The average molecular weight is 180 g/mol. The number of piperidine rings is 1. The summed E-state index contributed by atoms with van der Waals surface area (Å²) in [6.45, 7) is 6.47. The van der Waals surface area contributed by atoms with E-state index in [1.807, 2.05) is 0 Å². The summed E-state index contributed by atoms with van der Waals surface area (Å²) >= 11 is 0. The summed E-state index contributed by atoms with van der Waals surface area (Å²) in [5.74, 6) is 0. The van der Waals surface area contributed by atoms with Crippen molar-refractivity contribution in [3.05, 3.63) is 0 Å². The Labute approximate surface area is 80.9 Å². The van der Waals surface area contributed by atoms with Crippen LogP contribution >= 0.6 is 0 Å². The molecular weight excluding hydrogens is 160 g/mol. The molecule has 3 saturated heterocycles. The topological polar surface area (TPSA) is 6.48 Å². The van der Waals surface area contributed by atoms with Crippen LogP contribution < -0.4 is 0 Å². The smallest absolute Gasteiger partial charge is 0.0200 e. The first-order valence-electron chi connectivity index (χ1n) is 5.84. The zero-order valence-corrected chi connectivity index (χ0v) is 8.58. The summed E-state index contributed by atoms with van der Waals surface area (Å²) in [6.07, 6.45) is 5.81. The standard InChI is InChI=1S/C11H20N2/c1-9-8-12-6-4-11(5-7-12)13(9)10-2-3-10/h9-11H,2-8H2,1H3. The zero-order chi connectivity index (χ0) is 8.84. The first kappa shape index (κ1) is 8.25. The van der Waals surface area contributed by atoms with E-state index in [2.05, 4.69) is 16.7 Å². The number of fused-ring (bicyclic) bond motifs is 4. The van der Waals surface area contributed by atoms with Crippen molar-refractivity contribution < 1.29 is 0 Å². The first-order valence-corrected chi connectivity index (χ1v) is 5.84. The molecule has 1 aliphatic carbocycles. The number of rotatable bonds is 1. The van der Waals surface area contributed by atoms with E-state index >= 15 is 0 Å². The average Bonchev–Trinajstić information content (AvgIpc) is 2.89. The van der Waals surface area contributed by atoms with Crippen LogP contribution in [0.4, 0.5) is 0 Å². The molecule has 0 radical (unpaired) electrons. The fourth-order valence-electron chi connectivity index (χ4n) is 3.26. The van der Waals surface area contributed by atoms with Gasteiger partial charge in [-0.05, 0) is 45.7 Å². The maximum Gasteiger partial charge on any atom is 0.0200 e. The van der Waals surface area contributed by atoms with Gasteiger partial charge in [-0.1, -0.05) is 0 Å². The normalized spacial score (nSPS) is 46.4. The number of hydrogen-bond acceptors (Lipinski definition) is 2. The summed E-state index contributed by atoms with van der Waals surface area (Å²) in [5, 5.41) is 0. The van der Waals surface area contributed by atoms with Gasteiger partial charge >= 0.3 is 0 Å². The van der Waals surface area contributed by atoms with E-state index in [1.165, 1.54) is 45.3 Å². The van der Waals surface area contributed by atoms with Crippen molar-refractivity contribution in [1.29, 1.82) is 0 Å². The summed E-state index contributed by atoms with van der Waals surface area (Å²) in [6, 6.07) is 2.72. The van der Waals surface area contributed by atoms with Gasteiger partial charge in [-0.2, -0.15) is 0 Å². The fourth-order valence-corrected chi connectivity index (χ4v) is 3.26. The molecule has 4 rings (SSSR count). The van der Waals surface area contributed by atoms with Crippen LogP contribution in [0.2, 0.25) is 0 Å². The quantitative estimate of drug-likeness (QED) is 0.600. The van der Waals surface area contributed by atoms with E-state index in [1.54, 1.807) is 0 Å².